The topological polar surface area (TPSA) is 27.7 Å². The van der Waals surface area contributed by atoms with Gasteiger partial charge in [-0.1, -0.05) is 23.7 Å². The number of hydrogen-bond acceptors (Lipinski definition) is 3. The van der Waals surface area contributed by atoms with Gasteiger partial charge in [-0.15, -0.1) is 0 Å². The summed E-state index contributed by atoms with van der Waals surface area (Å²) in [5.74, 6) is 0. The van der Waals surface area contributed by atoms with Crippen molar-refractivity contribution in [1.29, 1.82) is 0 Å². The second-order valence-corrected chi connectivity index (χ2v) is 7.75. The minimum absolute atomic E-state index is 0.272. The fourth-order valence-electron chi connectivity index (χ4n) is 2.86. The van der Waals surface area contributed by atoms with Crippen molar-refractivity contribution in [2.75, 3.05) is 6.61 Å². The third kappa shape index (κ3) is 2.38. The lowest BCUT2D eigenvalue weighted by Gasteiger charge is -2.32. The third-order valence-corrected chi connectivity index (χ3v) is 5.46. The van der Waals surface area contributed by atoms with E-state index in [4.69, 9.17) is 25.6 Å². The van der Waals surface area contributed by atoms with Gasteiger partial charge >= 0.3 is 7.12 Å². The molecule has 1 unspecified atom stereocenters. The van der Waals surface area contributed by atoms with Gasteiger partial charge in [-0.25, -0.2) is 0 Å². The van der Waals surface area contributed by atoms with E-state index < -0.39 is 7.12 Å². The Labute approximate surface area is 137 Å². The zero-order chi connectivity index (χ0) is 16.2. The van der Waals surface area contributed by atoms with Crippen LogP contribution in [0.4, 0.5) is 0 Å². The Bertz CT molecular complexity index is 593. The van der Waals surface area contributed by atoms with Crippen LogP contribution in [-0.2, 0) is 19.5 Å². The van der Waals surface area contributed by atoms with E-state index in [-0.39, 0.29) is 16.6 Å². The fourth-order valence-corrected chi connectivity index (χ4v) is 2.99. The highest BCUT2D eigenvalue weighted by atomic mass is 35.5. The normalized spacial score (nSPS) is 29.4. The average Bonchev–Trinajstić information content (AvgIpc) is 2.89. The van der Waals surface area contributed by atoms with Gasteiger partial charge in [-0.3, -0.25) is 0 Å². The maximum atomic E-state index is 6.19. The molecule has 1 atom stereocenters. The van der Waals surface area contributed by atoms with E-state index in [0.717, 1.165) is 16.1 Å². The third-order valence-electron chi connectivity index (χ3n) is 5.21. The molecule has 22 heavy (non-hydrogen) atoms. The molecule has 1 fully saturated rings. The van der Waals surface area contributed by atoms with E-state index in [2.05, 4.69) is 34.6 Å². The van der Waals surface area contributed by atoms with Crippen molar-refractivity contribution < 1.29 is 14.0 Å². The lowest BCUT2D eigenvalue weighted by molar-refractivity contribution is 0.00578. The van der Waals surface area contributed by atoms with Crippen LogP contribution in [0.3, 0.4) is 0 Å². The van der Waals surface area contributed by atoms with E-state index in [9.17, 15) is 0 Å². The van der Waals surface area contributed by atoms with E-state index in [1.807, 2.05) is 24.3 Å². The number of halogens is 1. The first-order valence-electron chi connectivity index (χ1n) is 7.60. The fraction of sp³-hybridized carbons (Fsp3) is 0.529. The predicted octanol–water partition coefficient (Wildman–Crippen LogP) is 4.14. The summed E-state index contributed by atoms with van der Waals surface area (Å²) < 4.78 is 18.0. The van der Waals surface area contributed by atoms with Gasteiger partial charge < -0.3 is 14.0 Å². The van der Waals surface area contributed by atoms with Crippen molar-refractivity contribution in [3.63, 3.8) is 0 Å². The van der Waals surface area contributed by atoms with Crippen LogP contribution in [0.5, 0.6) is 0 Å². The summed E-state index contributed by atoms with van der Waals surface area (Å²) in [6, 6.07) is 7.89. The standard InChI is InChI=1S/C17H22BClO3/c1-15(2)16(3,4)22-18(21-15)14-10-20-11-17(14,5)12-6-8-13(19)9-7-12/h6-10H,11H2,1-5H3. The summed E-state index contributed by atoms with van der Waals surface area (Å²) >= 11 is 6.01. The summed E-state index contributed by atoms with van der Waals surface area (Å²) in [6.07, 6.45) is 1.79. The Morgan fingerprint density at radius 2 is 1.50 bits per heavy atom. The molecule has 3 nitrogen and oxygen atoms in total. The molecule has 2 aliphatic rings. The summed E-state index contributed by atoms with van der Waals surface area (Å²) in [5, 5.41) is 0.729. The molecule has 0 aliphatic carbocycles. The zero-order valence-electron chi connectivity index (χ0n) is 13.8. The quantitative estimate of drug-likeness (QED) is 0.766. The van der Waals surface area contributed by atoms with E-state index in [0.29, 0.717) is 6.61 Å². The molecule has 1 aromatic rings. The Kier molecular flexibility index (Phi) is 3.63. The minimum Gasteiger partial charge on any atom is -0.501 e. The highest BCUT2D eigenvalue weighted by molar-refractivity contribution is 6.55. The first-order chi connectivity index (χ1) is 10.2. The van der Waals surface area contributed by atoms with Crippen LogP contribution < -0.4 is 0 Å². The molecule has 0 radical (unpaired) electrons. The Morgan fingerprint density at radius 1 is 0.955 bits per heavy atom. The first kappa shape index (κ1) is 15.9. The molecule has 0 aromatic heterocycles. The number of benzene rings is 1. The van der Waals surface area contributed by atoms with Crippen molar-refractivity contribution in [2.45, 2.75) is 51.2 Å². The van der Waals surface area contributed by atoms with Crippen LogP contribution in [0.2, 0.25) is 5.02 Å². The number of rotatable bonds is 2. The highest BCUT2D eigenvalue weighted by Gasteiger charge is 2.56. The van der Waals surface area contributed by atoms with Gasteiger partial charge in [0.05, 0.1) is 24.1 Å². The summed E-state index contributed by atoms with van der Waals surface area (Å²) in [6.45, 7) is 11.0. The van der Waals surface area contributed by atoms with Gasteiger partial charge in [0.2, 0.25) is 0 Å². The molecule has 0 bridgehead atoms. The van der Waals surface area contributed by atoms with Gasteiger partial charge in [0, 0.05) is 15.9 Å². The smallest absolute Gasteiger partial charge is 0.494 e. The second kappa shape index (κ2) is 5.02. The molecule has 3 rings (SSSR count). The largest absolute Gasteiger partial charge is 0.501 e. The Morgan fingerprint density at radius 3 is 2.05 bits per heavy atom. The van der Waals surface area contributed by atoms with Crippen LogP contribution >= 0.6 is 11.6 Å². The Balaban J connectivity index is 1.93. The zero-order valence-corrected chi connectivity index (χ0v) is 14.5. The van der Waals surface area contributed by atoms with E-state index in [1.54, 1.807) is 6.26 Å². The van der Waals surface area contributed by atoms with Gasteiger partial charge in [0.25, 0.3) is 0 Å². The maximum absolute atomic E-state index is 6.19. The van der Waals surface area contributed by atoms with Gasteiger partial charge in [0.15, 0.2) is 0 Å². The van der Waals surface area contributed by atoms with Crippen molar-refractivity contribution in [3.05, 3.63) is 46.6 Å². The van der Waals surface area contributed by atoms with Crippen LogP contribution in [0.1, 0.15) is 40.2 Å². The van der Waals surface area contributed by atoms with Gasteiger partial charge in [-0.2, -0.15) is 0 Å². The Hall–Kier alpha value is -0.965. The molecule has 0 N–H and O–H groups in total. The minimum atomic E-state index is -0.395. The van der Waals surface area contributed by atoms with E-state index in [1.165, 1.54) is 0 Å². The molecule has 2 heterocycles. The van der Waals surface area contributed by atoms with Crippen LogP contribution in [-0.4, -0.2) is 24.9 Å². The van der Waals surface area contributed by atoms with Crippen molar-refractivity contribution in [3.8, 4) is 0 Å². The molecule has 1 aromatic carbocycles. The SMILES string of the molecule is CC1(c2ccc(Cl)cc2)COC=C1B1OC(C)(C)C(C)(C)O1. The monoisotopic (exact) mass is 320 g/mol. The van der Waals surface area contributed by atoms with Crippen LogP contribution in [0.25, 0.3) is 0 Å². The van der Waals surface area contributed by atoms with Crippen molar-refractivity contribution in [2.24, 2.45) is 0 Å². The number of ether oxygens (including phenoxy) is 1. The predicted molar refractivity (Wildman–Crippen MR) is 88.9 cm³/mol. The van der Waals surface area contributed by atoms with Crippen LogP contribution in [0, 0.1) is 0 Å². The highest BCUT2D eigenvalue weighted by Crippen LogP contribution is 2.45. The molecular weight excluding hydrogens is 298 g/mol. The lowest BCUT2D eigenvalue weighted by Crippen LogP contribution is -2.41. The average molecular weight is 321 g/mol. The van der Waals surface area contributed by atoms with Gasteiger partial charge in [0.1, 0.15) is 0 Å². The van der Waals surface area contributed by atoms with Crippen LogP contribution in [0.15, 0.2) is 36.0 Å². The summed E-state index contributed by atoms with van der Waals surface area (Å²) in [4.78, 5) is 0. The van der Waals surface area contributed by atoms with Crippen molar-refractivity contribution >= 4 is 18.7 Å². The second-order valence-electron chi connectivity index (χ2n) is 7.31. The lowest BCUT2D eigenvalue weighted by atomic mass is 9.62. The molecule has 0 saturated carbocycles. The summed E-state index contributed by atoms with van der Waals surface area (Å²) in [7, 11) is -0.395. The molecule has 5 heteroatoms. The molecule has 118 valence electrons. The molecule has 0 spiro atoms. The number of hydrogen-bond donors (Lipinski definition) is 0. The van der Waals surface area contributed by atoms with Crippen molar-refractivity contribution in [1.82, 2.24) is 0 Å². The molecular formula is C17H22BClO3. The molecule has 1 saturated heterocycles. The molecule has 2 aliphatic heterocycles. The van der Waals surface area contributed by atoms with E-state index >= 15 is 0 Å². The summed E-state index contributed by atoms with van der Waals surface area (Å²) in [5.41, 5.74) is 1.18. The molecule has 0 amide bonds. The first-order valence-corrected chi connectivity index (χ1v) is 7.97. The maximum Gasteiger partial charge on any atom is 0.494 e. The van der Waals surface area contributed by atoms with Gasteiger partial charge in [-0.05, 0) is 52.3 Å².